The van der Waals surface area contributed by atoms with Gasteiger partial charge in [0, 0.05) is 6.04 Å². The van der Waals surface area contributed by atoms with Gasteiger partial charge in [-0.25, -0.2) is 4.79 Å². The molecule has 0 spiro atoms. The lowest BCUT2D eigenvalue weighted by atomic mass is 10.1. The summed E-state index contributed by atoms with van der Waals surface area (Å²) in [7, 11) is 0. The molecule has 5 heteroatoms. The van der Waals surface area contributed by atoms with Crippen LogP contribution in [0.15, 0.2) is 30.3 Å². The van der Waals surface area contributed by atoms with Crippen molar-refractivity contribution < 1.29 is 9.53 Å². The van der Waals surface area contributed by atoms with E-state index in [1.54, 1.807) is 0 Å². The van der Waals surface area contributed by atoms with Crippen LogP contribution in [0.4, 0.5) is 4.79 Å². The third-order valence-corrected chi connectivity index (χ3v) is 3.50. The Labute approximate surface area is 120 Å². The minimum atomic E-state index is -0.375. The van der Waals surface area contributed by atoms with Gasteiger partial charge in [0.1, 0.15) is 6.61 Å². The van der Waals surface area contributed by atoms with Crippen molar-refractivity contribution in [1.29, 1.82) is 0 Å². The van der Waals surface area contributed by atoms with Crippen LogP contribution in [0.2, 0.25) is 0 Å². The lowest BCUT2D eigenvalue weighted by molar-refractivity contribution is 0.132. The fourth-order valence-electron chi connectivity index (χ4n) is 2.08. The molecule has 1 atom stereocenters. The van der Waals surface area contributed by atoms with Crippen molar-refractivity contribution >= 4 is 18.5 Å². The number of hydrogen-bond donors (Lipinski definition) is 2. The first-order valence-electron chi connectivity index (χ1n) is 6.41. The lowest BCUT2D eigenvalue weighted by Crippen LogP contribution is -2.49. The van der Waals surface area contributed by atoms with E-state index < -0.39 is 0 Å². The number of nitrogens with one attached hydrogen (secondary N) is 1. The Balaban J connectivity index is 0.00000180. The van der Waals surface area contributed by atoms with Crippen molar-refractivity contribution in [3.8, 4) is 0 Å². The molecule has 1 fully saturated rings. The highest BCUT2D eigenvalue weighted by Crippen LogP contribution is 2.39. The van der Waals surface area contributed by atoms with Crippen LogP contribution in [0.25, 0.3) is 0 Å². The summed E-state index contributed by atoms with van der Waals surface area (Å²) in [5, 5.41) is 2.90. The first-order valence-corrected chi connectivity index (χ1v) is 6.41. The predicted octanol–water partition coefficient (Wildman–Crippen LogP) is 2.60. The molecule has 1 saturated carbocycles. The first-order chi connectivity index (χ1) is 8.66. The minimum Gasteiger partial charge on any atom is -0.445 e. The Morgan fingerprint density at radius 3 is 2.58 bits per heavy atom. The van der Waals surface area contributed by atoms with E-state index in [2.05, 4.69) is 5.32 Å². The van der Waals surface area contributed by atoms with Gasteiger partial charge in [-0.1, -0.05) is 37.3 Å². The summed E-state index contributed by atoms with van der Waals surface area (Å²) in [6, 6.07) is 9.65. The third kappa shape index (κ3) is 4.11. The van der Waals surface area contributed by atoms with Gasteiger partial charge in [0.25, 0.3) is 0 Å². The van der Waals surface area contributed by atoms with E-state index in [1.807, 2.05) is 37.3 Å². The summed E-state index contributed by atoms with van der Waals surface area (Å²) in [5.41, 5.74) is 6.76. The molecule has 0 radical (unpaired) electrons. The molecule has 0 aliphatic heterocycles. The Hall–Kier alpha value is -1.26. The summed E-state index contributed by atoms with van der Waals surface area (Å²) < 4.78 is 5.19. The van der Waals surface area contributed by atoms with Crippen molar-refractivity contribution in [1.82, 2.24) is 5.32 Å². The van der Waals surface area contributed by atoms with Crippen molar-refractivity contribution in [2.75, 3.05) is 0 Å². The molecule has 0 unspecified atom stereocenters. The number of hydrogen-bond acceptors (Lipinski definition) is 3. The number of carbonyl (C=O) groups excluding carboxylic acids is 1. The van der Waals surface area contributed by atoms with Gasteiger partial charge in [-0.2, -0.15) is 0 Å². The Bertz CT molecular complexity index is 407. The van der Waals surface area contributed by atoms with Gasteiger partial charge >= 0.3 is 6.09 Å². The minimum absolute atomic E-state index is 0. The van der Waals surface area contributed by atoms with Crippen molar-refractivity contribution in [2.45, 2.75) is 44.4 Å². The highest BCUT2D eigenvalue weighted by Gasteiger charge is 2.48. The Morgan fingerprint density at radius 2 is 2.05 bits per heavy atom. The molecule has 0 aromatic heterocycles. The molecule has 1 aliphatic carbocycles. The number of benzene rings is 1. The summed E-state index contributed by atoms with van der Waals surface area (Å²) >= 11 is 0. The quantitative estimate of drug-likeness (QED) is 0.873. The van der Waals surface area contributed by atoms with Gasteiger partial charge < -0.3 is 15.8 Å². The van der Waals surface area contributed by atoms with Crippen LogP contribution in [0.5, 0.6) is 0 Å². The van der Waals surface area contributed by atoms with Gasteiger partial charge in [-0.15, -0.1) is 12.4 Å². The molecule has 1 amide bonds. The Kier molecular flexibility index (Phi) is 5.63. The number of alkyl carbamates (subject to hydrolysis) is 1. The monoisotopic (exact) mass is 284 g/mol. The molecule has 0 bridgehead atoms. The number of rotatable bonds is 5. The van der Waals surface area contributed by atoms with E-state index in [0.717, 1.165) is 24.8 Å². The number of nitrogens with two attached hydrogens (primary N) is 1. The largest absolute Gasteiger partial charge is 0.445 e. The van der Waals surface area contributed by atoms with Gasteiger partial charge in [0.05, 0.1) is 5.54 Å². The van der Waals surface area contributed by atoms with E-state index in [-0.39, 0.29) is 30.1 Å². The molecule has 4 nitrogen and oxygen atoms in total. The van der Waals surface area contributed by atoms with Crippen LogP contribution in [0, 0.1) is 0 Å². The number of ether oxygens (including phenoxy) is 1. The van der Waals surface area contributed by atoms with Crippen molar-refractivity contribution in [2.24, 2.45) is 5.73 Å². The topological polar surface area (TPSA) is 64.3 Å². The average Bonchev–Trinajstić information content (AvgIpc) is 3.17. The second kappa shape index (κ2) is 6.78. The SMILES string of the molecule is CC[C@H](N)C1(NC(=O)OCc2ccccc2)CC1.Cl. The predicted molar refractivity (Wildman–Crippen MR) is 77.2 cm³/mol. The van der Waals surface area contributed by atoms with Gasteiger partial charge in [0.2, 0.25) is 0 Å². The van der Waals surface area contributed by atoms with E-state index >= 15 is 0 Å². The van der Waals surface area contributed by atoms with Crippen LogP contribution in [0.3, 0.4) is 0 Å². The van der Waals surface area contributed by atoms with Crippen LogP contribution < -0.4 is 11.1 Å². The van der Waals surface area contributed by atoms with E-state index in [4.69, 9.17) is 10.5 Å². The number of halogens is 1. The maximum atomic E-state index is 11.7. The highest BCUT2D eigenvalue weighted by molar-refractivity contribution is 5.85. The molecular formula is C14H21ClN2O2. The van der Waals surface area contributed by atoms with Crippen LogP contribution in [-0.2, 0) is 11.3 Å². The van der Waals surface area contributed by atoms with E-state index in [9.17, 15) is 4.79 Å². The fraction of sp³-hybridized carbons (Fsp3) is 0.500. The van der Waals surface area contributed by atoms with Crippen LogP contribution in [-0.4, -0.2) is 17.7 Å². The maximum Gasteiger partial charge on any atom is 0.407 e. The third-order valence-electron chi connectivity index (χ3n) is 3.50. The Morgan fingerprint density at radius 1 is 1.42 bits per heavy atom. The summed E-state index contributed by atoms with van der Waals surface area (Å²) in [5.74, 6) is 0. The zero-order valence-electron chi connectivity index (χ0n) is 11.1. The van der Waals surface area contributed by atoms with E-state index in [0.29, 0.717) is 6.61 Å². The molecule has 2 rings (SSSR count). The molecule has 3 N–H and O–H groups in total. The molecule has 19 heavy (non-hydrogen) atoms. The molecule has 1 aliphatic rings. The van der Waals surface area contributed by atoms with E-state index in [1.165, 1.54) is 0 Å². The van der Waals surface area contributed by atoms with Crippen molar-refractivity contribution in [3.05, 3.63) is 35.9 Å². The molecule has 0 heterocycles. The van der Waals surface area contributed by atoms with Crippen LogP contribution in [0.1, 0.15) is 31.7 Å². The summed E-state index contributed by atoms with van der Waals surface area (Å²) in [6.07, 6.45) is 2.38. The smallest absolute Gasteiger partial charge is 0.407 e. The normalized spacial score (nSPS) is 16.9. The van der Waals surface area contributed by atoms with Gasteiger partial charge in [0.15, 0.2) is 0 Å². The molecule has 1 aromatic carbocycles. The van der Waals surface area contributed by atoms with Crippen LogP contribution >= 0.6 is 12.4 Å². The summed E-state index contributed by atoms with van der Waals surface area (Å²) in [6.45, 7) is 2.33. The van der Waals surface area contributed by atoms with Gasteiger partial charge in [-0.3, -0.25) is 0 Å². The standard InChI is InChI=1S/C14H20N2O2.ClH/c1-2-12(15)14(8-9-14)16-13(17)18-10-11-6-4-3-5-7-11;/h3-7,12H,2,8-10,15H2,1H3,(H,16,17);1H/t12-;/m0./s1. The second-order valence-electron chi connectivity index (χ2n) is 4.86. The molecule has 1 aromatic rings. The summed E-state index contributed by atoms with van der Waals surface area (Å²) in [4.78, 5) is 11.7. The molecular weight excluding hydrogens is 264 g/mol. The first kappa shape index (κ1) is 15.8. The lowest BCUT2D eigenvalue weighted by Gasteiger charge is -2.23. The molecule has 106 valence electrons. The zero-order valence-corrected chi connectivity index (χ0v) is 11.9. The fourth-order valence-corrected chi connectivity index (χ4v) is 2.08. The highest BCUT2D eigenvalue weighted by atomic mass is 35.5. The number of amides is 1. The van der Waals surface area contributed by atoms with Gasteiger partial charge in [-0.05, 0) is 24.8 Å². The van der Waals surface area contributed by atoms with Crippen molar-refractivity contribution in [3.63, 3.8) is 0 Å². The maximum absolute atomic E-state index is 11.7. The zero-order chi connectivity index (χ0) is 13.0. The molecule has 0 saturated heterocycles. The average molecular weight is 285 g/mol. The second-order valence-corrected chi connectivity index (χ2v) is 4.86. The number of carbonyl (C=O) groups is 1.